The number of carbonyl (C=O) groups is 1. The van der Waals surface area contributed by atoms with Gasteiger partial charge in [0.1, 0.15) is 0 Å². The number of hydrogen-bond donors (Lipinski definition) is 2. The van der Waals surface area contributed by atoms with E-state index in [1.165, 1.54) is 0 Å². The van der Waals surface area contributed by atoms with Gasteiger partial charge in [0.2, 0.25) is 0 Å². The number of aliphatic hydroxyl groups is 1. The molecule has 0 spiro atoms. The van der Waals surface area contributed by atoms with Crippen LogP contribution in [0.2, 0.25) is 0 Å². The van der Waals surface area contributed by atoms with Gasteiger partial charge in [0.05, 0.1) is 5.60 Å². The molecule has 1 fully saturated rings. The second-order valence-electron chi connectivity index (χ2n) is 4.25. The Morgan fingerprint density at radius 2 is 1.88 bits per heavy atom. The second-order valence-corrected chi connectivity index (χ2v) is 4.25. The predicted octanol–water partition coefficient (Wildman–Crippen LogP) is 0.808. The van der Waals surface area contributed by atoms with E-state index in [-0.39, 0.29) is 0 Å². The van der Waals surface area contributed by atoms with E-state index in [0.29, 0.717) is 6.29 Å². The molecule has 1 aromatic carbocycles. The highest BCUT2D eigenvalue weighted by molar-refractivity contribution is 5.73. The molecule has 0 aliphatic carbocycles. The second kappa shape index (κ2) is 5.13. The fourth-order valence-electron chi connectivity index (χ4n) is 2.11. The van der Waals surface area contributed by atoms with Crippen molar-refractivity contribution < 1.29 is 9.90 Å². The molecule has 1 saturated heterocycles. The Morgan fingerprint density at radius 1 is 1.24 bits per heavy atom. The standard InChI is InChI=1S/C14H15NO2/c16-11-1-2-12-3-5-13(6-4-12)14(17)7-9-15-10-8-14/h3-6,11,15,17H,7-10H2. The molecular weight excluding hydrogens is 214 g/mol. The number of hydrogen-bond acceptors (Lipinski definition) is 3. The van der Waals surface area contributed by atoms with Crippen molar-refractivity contribution in [2.75, 3.05) is 13.1 Å². The van der Waals surface area contributed by atoms with Crippen LogP contribution in [0.5, 0.6) is 0 Å². The van der Waals surface area contributed by atoms with Gasteiger partial charge < -0.3 is 10.4 Å². The Kier molecular flexibility index (Phi) is 3.58. The van der Waals surface area contributed by atoms with Gasteiger partial charge in [-0.1, -0.05) is 18.1 Å². The minimum Gasteiger partial charge on any atom is -0.385 e. The van der Waals surface area contributed by atoms with E-state index in [1.807, 2.05) is 24.3 Å². The summed E-state index contributed by atoms with van der Waals surface area (Å²) in [4.78, 5) is 10.1. The van der Waals surface area contributed by atoms with Gasteiger partial charge in [-0.15, -0.1) is 0 Å². The Labute approximate surface area is 101 Å². The van der Waals surface area contributed by atoms with Gasteiger partial charge in [-0.25, -0.2) is 0 Å². The molecule has 0 amide bonds. The first-order valence-electron chi connectivity index (χ1n) is 5.73. The minimum absolute atomic E-state index is 0.578. The van der Waals surface area contributed by atoms with Crippen LogP contribution in [0, 0.1) is 11.8 Å². The summed E-state index contributed by atoms with van der Waals surface area (Å²) in [6, 6.07) is 7.46. The SMILES string of the molecule is O=CC#Cc1ccc(C2(O)CCNCC2)cc1. The lowest BCUT2D eigenvalue weighted by atomic mass is 9.85. The Balaban J connectivity index is 2.19. The fraction of sp³-hybridized carbons (Fsp3) is 0.357. The maximum absolute atomic E-state index is 10.5. The van der Waals surface area contributed by atoms with Crippen LogP contribution in [0.3, 0.4) is 0 Å². The first-order valence-corrected chi connectivity index (χ1v) is 5.73. The Morgan fingerprint density at radius 3 is 2.47 bits per heavy atom. The molecule has 0 bridgehead atoms. The molecule has 3 nitrogen and oxygen atoms in total. The predicted molar refractivity (Wildman–Crippen MR) is 65.4 cm³/mol. The molecule has 2 N–H and O–H groups in total. The molecule has 0 unspecified atom stereocenters. The van der Waals surface area contributed by atoms with E-state index in [9.17, 15) is 9.90 Å². The van der Waals surface area contributed by atoms with E-state index < -0.39 is 5.60 Å². The van der Waals surface area contributed by atoms with Gasteiger partial charge in [0.25, 0.3) is 0 Å². The van der Waals surface area contributed by atoms with Crippen molar-refractivity contribution >= 4 is 6.29 Å². The fourth-order valence-corrected chi connectivity index (χ4v) is 2.11. The Bertz CT molecular complexity index is 447. The zero-order valence-electron chi connectivity index (χ0n) is 9.57. The Hall–Kier alpha value is -1.63. The van der Waals surface area contributed by atoms with Crippen molar-refractivity contribution in [2.45, 2.75) is 18.4 Å². The number of carbonyl (C=O) groups excluding carboxylic acids is 1. The summed E-state index contributed by atoms with van der Waals surface area (Å²) in [6.07, 6.45) is 2.03. The number of benzene rings is 1. The van der Waals surface area contributed by atoms with E-state index in [0.717, 1.165) is 37.1 Å². The molecule has 0 radical (unpaired) electrons. The van der Waals surface area contributed by atoms with Gasteiger partial charge in [0.15, 0.2) is 6.29 Å². The molecule has 0 aromatic heterocycles. The van der Waals surface area contributed by atoms with Crippen molar-refractivity contribution in [1.82, 2.24) is 5.32 Å². The van der Waals surface area contributed by atoms with Gasteiger partial charge >= 0.3 is 0 Å². The lowest BCUT2D eigenvalue weighted by Gasteiger charge is -2.33. The normalized spacial score (nSPS) is 17.9. The molecule has 1 aromatic rings. The molecule has 88 valence electrons. The summed E-state index contributed by atoms with van der Waals surface area (Å²) >= 11 is 0. The molecule has 1 heterocycles. The van der Waals surface area contributed by atoms with Gasteiger partial charge in [-0.2, -0.15) is 0 Å². The van der Waals surface area contributed by atoms with Crippen molar-refractivity contribution in [2.24, 2.45) is 0 Å². The van der Waals surface area contributed by atoms with Crippen LogP contribution in [-0.4, -0.2) is 24.5 Å². The smallest absolute Gasteiger partial charge is 0.193 e. The molecular formula is C14H15NO2. The highest BCUT2D eigenvalue weighted by Crippen LogP contribution is 2.30. The van der Waals surface area contributed by atoms with Crippen LogP contribution in [-0.2, 0) is 10.4 Å². The first kappa shape index (κ1) is 11.8. The zero-order chi connectivity index (χ0) is 12.1. The third kappa shape index (κ3) is 2.73. The average molecular weight is 229 g/mol. The summed E-state index contributed by atoms with van der Waals surface area (Å²) in [5.74, 6) is 5.09. The van der Waals surface area contributed by atoms with Crippen LogP contribution < -0.4 is 5.32 Å². The molecule has 2 rings (SSSR count). The lowest BCUT2D eigenvalue weighted by Crippen LogP contribution is -2.39. The van der Waals surface area contributed by atoms with Crippen molar-refractivity contribution in [3.63, 3.8) is 0 Å². The first-order chi connectivity index (χ1) is 8.24. The third-order valence-electron chi connectivity index (χ3n) is 3.13. The van der Waals surface area contributed by atoms with E-state index in [4.69, 9.17) is 0 Å². The van der Waals surface area contributed by atoms with Crippen molar-refractivity contribution in [3.8, 4) is 11.8 Å². The average Bonchev–Trinajstić information content (AvgIpc) is 2.38. The van der Waals surface area contributed by atoms with Gasteiger partial charge in [0, 0.05) is 5.56 Å². The molecule has 0 saturated carbocycles. The summed E-state index contributed by atoms with van der Waals surface area (Å²) in [5, 5.41) is 13.7. The largest absolute Gasteiger partial charge is 0.385 e. The van der Waals surface area contributed by atoms with Crippen LogP contribution in [0.4, 0.5) is 0 Å². The van der Waals surface area contributed by atoms with Crippen molar-refractivity contribution in [1.29, 1.82) is 0 Å². The topological polar surface area (TPSA) is 49.3 Å². The maximum atomic E-state index is 10.5. The number of piperidine rings is 1. The molecule has 1 aliphatic heterocycles. The molecule has 0 atom stereocenters. The van der Waals surface area contributed by atoms with Crippen LogP contribution in [0.25, 0.3) is 0 Å². The number of aldehydes is 1. The monoisotopic (exact) mass is 229 g/mol. The molecule has 3 heteroatoms. The molecule has 17 heavy (non-hydrogen) atoms. The van der Waals surface area contributed by atoms with E-state index in [2.05, 4.69) is 17.2 Å². The van der Waals surface area contributed by atoms with Crippen LogP contribution in [0.15, 0.2) is 24.3 Å². The van der Waals surface area contributed by atoms with E-state index >= 15 is 0 Å². The maximum Gasteiger partial charge on any atom is 0.193 e. The third-order valence-corrected chi connectivity index (χ3v) is 3.13. The highest BCUT2D eigenvalue weighted by atomic mass is 16.3. The summed E-state index contributed by atoms with van der Waals surface area (Å²) in [5.41, 5.74) is 0.996. The lowest BCUT2D eigenvalue weighted by molar-refractivity contribution is -0.103. The van der Waals surface area contributed by atoms with Gasteiger partial charge in [-0.05, 0) is 49.5 Å². The van der Waals surface area contributed by atoms with Crippen LogP contribution in [0.1, 0.15) is 24.0 Å². The number of nitrogens with one attached hydrogen (secondary N) is 1. The summed E-state index contributed by atoms with van der Waals surface area (Å²) in [7, 11) is 0. The quantitative estimate of drug-likeness (QED) is 0.553. The van der Waals surface area contributed by atoms with Crippen molar-refractivity contribution in [3.05, 3.63) is 35.4 Å². The molecule has 1 aliphatic rings. The highest BCUT2D eigenvalue weighted by Gasteiger charge is 2.30. The van der Waals surface area contributed by atoms with E-state index in [1.54, 1.807) is 0 Å². The summed E-state index contributed by atoms with van der Waals surface area (Å²) in [6.45, 7) is 1.67. The minimum atomic E-state index is -0.720. The van der Waals surface area contributed by atoms with Crippen LogP contribution >= 0.6 is 0 Å². The van der Waals surface area contributed by atoms with Gasteiger partial charge in [-0.3, -0.25) is 4.79 Å². The zero-order valence-corrected chi connectivity index (χ0v) is 9.57. The number of rotatable bonds is 1. The summed E-state index contributed by atoms with van der Waals surface area (Å²) < 4.78 is 0.